The zero-order valence-electron chi connectivity index (χ0n) is 11.1. The lowest BCUT2D eigenvalue weighted by atomic mass is 10.1. The summed E-state index contributed by atoms with van der Waals surface area (Å²) < 4.78 is 36.6. The Balaban J connectivity index is 2.64. The fourth-order valence-corrected chi connectivity index (χ4v) is 3.27. The zero-order chi connectivity index (χ0) is 14.5. The number of alkyl halides is 3. The number of hydrogen-bond donors (Lipinski definition) is 1. The minimum atomic E-state index is -4.08. The van der Waals surface area contributed by atoms with E-state index in [1.54, 1.807) is 0 Å². The Morgan fingerprint density at radius 3 is 2.58 bits per heavy atom. The summed E-state index contributed by atoms with van der Waals surface area (Å²) in [6.45, 7) is 4.72. The third-order valence-electron chi connectivity index (χ3n) is 2.84. The summed E-state index contributed by atoms with van der Waals surface area (Å²) in [6.07, 6.45) is -3.29. The second-order valence-corrected chi connectivity index (χ2v) is 5.90. The summed E-state index contributed by atoms with van der Waals surface area (Å²) in [7, 11) is 0. The van der Waals surface area contributed by atoms with Crippen LogP contribution in [-0.4, -0.2) is 12.7 Å². The van der Waals surface area contributed by atoms with Gasteiger partial charge in [-0.25, -0.2) is 0 Å². The number of hydrogen-bond acceptors (Lipinski definition) is 2. The van der Waals surface area contributed by atoms with E-state index in [1.165, 1.54) is 11.3 Å². The Hall–Kier alpha value is -0.260. The van der Waals surface area contributed by atoms with Gasteiger partial charge in [-0.05, 0) is 43.7 Å². The predicted molar refractivity (Wildman–Crippen MR) is 75.0 cm³/mol. The molecule has 1 atom stereocenters. The smallest absolute Gasteiger partial charge is 0.309 e. The van der Waals surface area contributed by atoms with Crippen LogP contribution in [0.3, 0.4) is 0 Å². The lowest BCUT2D eigenvalue weighted by Gasteiger charge is -2.18. The van der Waals surface area contributed by atoms with Crippen molar-refractivity contribution in [2.75, 3.05) is 6.54 Å². The molecule has 0 saturated carbocycles. The van der Waals surface area contributed by atoms with Crippen LogP contribution in [0.1, 0.15) is 49.1 Å². The van der Waals surface area contributed by atoms with Gasteiger partial charge in [-0.3, -0.25) is 0 Å². The Morgan fingerprint density at radius 2 is 2.11 bits per heavy atom. The van der Waals surface area contributed by atoms with Crippen LogP contribution in [-0.2, 0) is 0 Å². The third kappa shape index (κ3) is 5.71. The molecule has 1 nitrogen and oxygen atoms in total. The van der Waals surface area contributed by atoms with Crippen molar-refractivity contribution in [3.05, 3.63) is 20.8 Å². The number of rotatable bonds is 7. The van der Waals surface area contributed by atoms with Crippen LogP contribution >= 0.6 is 22.9 Å². The van der Waals surface area contributed by atoms with Gasteiger partial charge in [0.2, 0.25) is 0 Å². The molecule has 1 N–H and O–H groups in total. The maximum Gasteiger partial charge on any atom is 0.389 e. The van der Waals surface area contributed by atoms with Crippen molar-refractivity contribution in [1.82, 2.24) is 5.32 Å². The van der Waals surface area contributed by atoms with Gasteiger partial charge >= 0.3 is 6.18 Å². The van der Waals surface area contributed by atoms with E-state index in [0.29, 0.717) is 11.4 Å². The standard InChI is InChI=1S/C13H19ClF3NS/c1-3-7-18-10(5-4-6-13(15,16)17)12-11(14)9(2)8-19-12/h8,10,18H,3-7H2,1-2H3. The van der Waals surface area contributed by atoms with E-state index in [9.17, 15) is 13.2 Å². The molecule has 1 rings (SSSR count). The highest BCUT2D eigenvalue weighted by Gasteiger charge is 2.27. The maximum atomic E-state index is 12.2. The molecular weight excluding hydrogens is 295 g/mol. The van der Waals surface area contributed by atoms with Crippen molar-refractivity contribution in [3.63, 3.8) is 0 Å². The minimum Gasteiger partial charge on any atom is -0.309 e. The molecule has 0 fully saturated rings. The molecule has 1 unspecified atom stereocenters. The lowest BCUT2D eigenvalue weighted by molar-refractivity contribution is -0.135. The summed E-state index contributed by atoms with van der Waals surface area (Å²) in [5.41, 5.74) is 0.987. The molecule has 6 heteroatoms. The summed E-state index contributed by atoms with van der Waals surface area (Å²) in [5, 5.41) is 5.92. The van der Waals surface area contributed by atoms with Crippen LogP contribution in [0.5, 0.6) is 0 Å². The van der Waals surface area contributed by atoms with Gasteiger partial charge in [0.1, 0.15) is 0 Å². The minimum absolute atomic E-state index is 0.0755. The van der Waals surface area contributed by atoms with Crippen LogP contribution in [0.15, 0.2) is 5.38 Å². The lowest BCUT2D eigenvalue weighted by Crippen LogP contribution is -2.22. The highest BCUT2D eigenvalue weighted by molar-refractivity contribution is 7.10. The van der Waals surface area contributed by atoms with Crippen molar-refractivity contribution >= 4 is 22.9 Å². The molecule has 1 heterocycles. The molecule has 0 bridgehead atoms. The monoisotopic (exact) mass is 313 g/mol. The van der Waals surface area contributed by atoms with Crippen molar-refractivity contribution in [2.24, 2.45) is 0 Å². The van der Waals surface area contributed by atoms with Crippen molar-refractivity contribution in [2.45, 2.75) is 51.7 Å². The Labute approximate surface area is 121 Å². The number of halogens is 4. The maximum absolute atomic E-state index is 12.2. The van der Waals surface area contributed by atoms with E-state index in [1.807, 2.05) is 19.2 Å². The second kappa shape index (κ2) is 7.50. The Bertz CT molecular complexity index is 390. The van der Waals surface area contributed by atoms with Gasteiger partial charge in [-0.1, -0.05) is 18.5 Å². The summed E-state index contributed by atoms with van der Waals surface area (Å²) in [4.78, 5) is 0.954. The molecule has 0 aliphatic carbocycles. The van der Waals surface area contributed by atoms with Crippen molar-refractivity contribution in [3.8, 4) is 0 Å². The fraction of sp³-hybridized carbons (Fsp3) is 0.692. The van der Waals surface area contributed by atoms with Crippen molar-refractivity contribution < 1.29 is 13.2 Å². The largest absolute Gasteiger partial charge is 0.389 e. The summed E-state index contributed by atoms with van der Waals surface area (Å²) in [5.74, 6) is 0. The molecule has 0 spiro atoms. The number of aryl methyl sites for hydroxylation is 1. The zero-order valence-corrected chi connectivity index (χ0v) is 12.7. The normalized spacial score (nSPS) is 13.8. The first-order chi connectivity index (χ1) is 8.85. The van der Waals surface area contributed by atoms with Gasteiger partial charge in [0, 0.05) is 17.3 Å². The molecular formula is C13H19ClF3NS. The summed E-state index contributed by atoms with van der Waals surface area (Å²) in [6, 6.07) is -0.0755. The van der Waals surface area contributed by atoms with Crippen LogP contribution < -0.4 is 5.32 Å². The number of nitrogens with one attached hydrogen (secondary N) is 1. The molecule has 110 valence electrons. The first-order valence-electron chi connectivity index (χ1n) is 6.38. The van der Waals surface area contributed by atoms with E-state index in [2.05, 4.69) is 5.32 Å². The van der Waals surface area contributed by atoms with Gasteiger partial charge in [0.15, 0.2) is 0 Å². The van der Waals surface area contributed by atoms with E-state index in [-0.39, 0.29) is 12.5 Å². The van der Waals surface area contributed by atoms with Crippen LogP contribution in [0.2, 0.25) is 5.02 Å². The molecule has 0 amide bonds. The molecule has 0 radical (unpaired) electrons. The fourth-order valence-electron chi connectivity index (χ4n) is 1.84. The van der Waals surface area contributed by atoms with E-state index >= 15 is 0 Å². The molecule has 0 aliphatic heterocycles. The van der Waals surface area contributed by atoms with Gasteiger partial charge in [-0.15, -0.1) is 11.3 Å². The molecule has 0 saturated heterocycles. The first-order valence-corrected chi connectivity index (χ1v) is 7.64. The van der Waals surface area contributed by atoms with Gasteiger partial charge in [0.25, 0.3) is 0 Å². The molecule has 1 aromatic rings. The van der Waals surface area contributed by atoms with Gasteiger partial charge in [-0.2, -0.15) is 13.2 Å². The van der Waals surface area contributed by atoms with E-state index in [4.69, 9.17) is 11.6 Å². The predicted octanol–water partition coefficient (Wildman–Crippen LogP) is 5.48. The SMILES string of the molecule is CCCNC(CCCC(F)(F)F)c1scc(C)c1Cl. The topological polar surface area (TPSA) is 12.0 Å². The van der Waals surface area contributed by atoms with E-state index < -0.39 is 12.6 Å². The first kappa shape index (κ1) is 16.8. The summed E-state index contributed by atoms with van der Waals surface area (Å²) >= 11 is 7.72. The van der Waals surface area contributed by atoms with Crippen molar-refractivity contribution in [1.29, 1.82) is 0 Å². The van der Waals surface area contributed by atoms with Crippen LogP contribution in [0.25, 0.3) is 0 Å². The average Bonchev–Trinajstić information content (AvgIpc) is 2.63. The second-order valence-electron chi connectivity index (χ2n) is 4.61. The third-order valence-corrected chi connectivity index (χ3v) is 4.66. The van der Waals surface area contributed by atoms with Gasteiger partial charge in [0.05, 0.1) is 5.02 Å². The molecule has 19 heavy (non-hydrogen) atoms. The molecule has 0 aliphatic rings. The molecule has 1 aromatic heterocycles. The Kier molecular flexibility index (Phi) is 6.63. The van der Waals surface area contributed by atoms with Gasteiger partial charge < -0.3 is 5.32 Å². The van der Waals surface area contributed by atoms with Crippen LogP contribution in [0.4, 0.5) is 13.2 Å². The van der Waals surface area contributed by atoms with Crippen LogP contribution in [0, 0.1) is 6.92 Å². The van der Waals surface area contributed by atoms with E-state index in [0.717, 1.165) is 23.4 Å². The Morgan fingerprint density at radius 1 is 1.42 bits per heavy atom. The highest BCUT2D eigenvalue weighted by atomic mass is 35.5. The average molecular weight is 314 g/mol. The molecule has 0 aromatic carbocycles. The quantitative estimate of drug-likeness (QED) is 0.702. The highest BCUT2D eigenvalue weighted by Crippen LogP contribution is 2.35. The number of thiophene rings is 1.